The molecule has 0 bridgehead atoms. The zero-order chi connectivity index (χ0) is 18.8. The fourth-order valence-corrected chi connectivity index (χ4v) is 3.41. The van der Waals surface area contributed by atoms with Crippen LogP contribution in [0.3, 0.4) is 0 Å². The van der Waals surface area contributed by atoms with E-state index in [0.717, 1.165) is 10.8 Å². The average Bonchev–Trinajstić information content (AvgIpc) is 3.32. The highest BCUT2D eigenvalue weighted by molar-refractivity contribution is 5.84. The minimum atomic E-state index is -0.288. The van der Waals surface area contributed by atoms with Crippen molar-refractivity contribution in [1.29, 1.82) is 0 Å². The molecule has 0 N–H and O–H groups in total. The summed E-state index contributed by atoms with van der Waals surface area (Å²) in [6.45, 7) is 2.15. The number of aryl methyl sites for hydroxylation is 1. The minimum absolute atomic E-state index is 0.0571. The highest BCUT2D eigenvalue weighted by atomic mass is 16.5. The topological polar surface area (TPSA) is 77.7 Å². The Labute approximate surface area is 156 Å². The number of hydrogen-bond acceptors (Lipinski definition) is 6. The van der Waals surface area contributed by atoms with E-state index in [1.807, 2.05) is 42.5 Å². The van der Waals surface area contributed by atoms with Crippen molar-refractivity contribution in [2.45, 2.75) is 25.5 Å². The van der Waals surface area contributed by atoms with Gasteiger partial charge in [-0.05, 0) is 22.9 Å². The highest BCUT2D eigenvalue weighted by Gasteiger charge is 2.39. The molecule has 140 valence electrons. The van der Waals surface area contributed by atoms with E-state index in [1.165, 1.54) is 0 Å². The van der Waals surface area contributed by atoms with Gasteiger partial charge in [-0.3, -0.25) is 4.79 Å². The summed E-state index contributed by atoms with van der Waals surface area (Å²) in [6.07, 6.45) is 0.562. The van der Waals surface area contributed by atoms with E-state index in [1.54, 1.807) is 18.9 Å². The molecule has 0 radical (unpaired) electrons. The number of likely N-dealkylation sites (tertiary alicyclic amines) is 1. The van der Waals surface area contributed by atoms with Crippen LogP contribution in [0.15, 0.2) is 46.9 Å². The fraction of sp³-hybridized carbons (Fsp3) is 0.350. The molecule has 2 aromatic carbocycles. The molecule has 1 saturated heterocycles. The van der Waals surface area contributed by atoms with E-state index >= 15 is 0 Å². The van der Waals surface area contributed by atoms with Crippen molar-refractivity contribution in [1.82, 2.24) is 15.1 Å². The number of fused-ring (bicyclic) bond motifs is 1. The van der Waals surface area contributed by atoms with Crippen molar-refractivity contribution in [2.75, 3.05) is 20.3 Å². The van der Waals surface area contributed by atoms with Crippen LogP contribution in [0.2, 0.25) is 0 Å². The highest BCUT2D eigenvalue weighted by Crippen LogP contribution is 2.32. The molecule has 7 nitrogen and oxygen atoms in total. The van der Waals surface area contributed by atoms with E-state index in [4.69, 9.17) is 13.9 Å². The number of nitrogens with zero attached hydrogens (tertiary/aromatic N) is 3. The van der Waals surface area contributed by atoms with Crippen LogP contribution >= 0.6 is 0 Å². The summed E-state index contributed by atoms with van der Waals surface area (Å²) in [7, 11) is 1.64. The Morgan fingerprint density at radius 3 is 2.78 bits per heavy atom. The Morgan fingerprint density at radius 1 is 1.22 bits per heavy atom. The Balaban J connectivity index is 1.46. The smallest absolute Gasteiger partial charge is 0.261 e. The first kappa shape index (κ1) is 17.5. The number of ether oxygens (including phenoxy) is 2. The van der Waals surface area contributed by atoms with E-state index in [0.29, 0.717) is 30.5 Å². The molecule has 1 aliphatic rings. The largest absolute Gasteiger partial charge is 0.484 e. The second kappa shape index (κ2) is 7.36. The molecule has 27 heavy (non-hydrogen) atoms. The number of rotatable bonds is 5. The third-order valence-electron chi connectivity index (χ3n) is 4.83. The van der Waals surface area contributed by atoms with Gasteiger partial charge in [0.25, 0.3) is 5.91 Å². The minimum Gasteiger partial charge on any atom is -0.484 e. The first-order chi connectivity index (χ1) is 13.1. The number of benzene rings is 2. The number of hydrogen-bond donors (Lipinski definition) is 0. The van der Waals surface area contributed by atoms with Crippen LogP contribution in [0.4, 0.5) is 0 Å². The second-order valence-electron chi connectivity index (χ2n) is 6.61. The normalized spacial score (nSPS) is 19.6. The Hall–Kier alpha value is -2.93. The Morgan fingerprint density at radius 2 is 2.04 bits per heavy atom. The molecule has 7 heteroatoms. The van der Waals surface area contributed by atoms with Crippen molar-refractivity contribution >= 4 is 16.7 Å². The molecule has 2 atom stereocenters. The van der Waals surface area contributed by atoms with E-state index in [-0.39, 0.29) is 24.7 Å². The van der Waals surface area contributed by atoms with E-state index in [9.17, 15) is 4.79 Å². The molecule has 1 fully saturated rings. The second-order valence-corrected chi connectivity index (χ2v) is 6.61. The predicted molar refractivity (Wildman–Crippen MR) is 98.3 cm³/mol. The van der Waals surface area contributed by atoms with Crippen LogP contribution in [0, 0.1) is 6.92 Å². The molecule has 1 aromatic heterocycles. The standard InChI is InChI=1S/C20H21N3O4/c1-13-21-22-20(27-13)18-10-17(25-2)11-23(18)19(24)12-26-16-8-7-14-5-3-4-6-15(14)9-16/h3-9,17-18H,10-12H2,1-2H3/t17-,18-/m1/s1. The molecular weight excluding hydrogens is 346 g/mol. The number of amides is 1. The quantitative estimate of drug-likeness (QED) is 0.690. The summed E-state index contributed by atoms with van der Waals surface area (Å²) in [5.74, 6) is 1.44. The van der Waals surface area contributed by atoms with Gasteiger partial charge >= 0.3 is 0 Å². The average molecular weight is 367 g/mol. The third-order valence-corrected chi connectivity index (χ3v) is 4.83. The molecule has 0 unspecified atom stereocenters. The van der Waals surface area contributed by atoms with Gasteiger partial charge in [0, 0.05) is 27.0 Å². The number of methoxy groups -OCH3 is 1. The monoisotopic (exact) mass is 367 g/mol. The lowest BCUT2D eigenvalue weighted by Crippen LogP contribution is -2.35. The van der Waals surface area contributed by atoms with Crippen molar-refractivity contribution < 1.29 is 18.7 Å². The number of carbonyl (C=O) groups excluding carboxylic acids is 1. The van der Waals surface area contributed by atoms with Gasteiger partial charge in [0.05, 0.1) is 6.10 Å². The van der Waals surface area contributed by atoms with Gasteiger partial charge in [0.15, 0.2) is 6.61 Å². The van der Waals surface area contributed by atoms with Crippen LogP contribution in [0.1, 0.15) is 24.2 Å². The van der Waals surface area contributed by atoms with E-state index in [2.05, 4.69) is 10.2 Å². The maximum Gasteiger partial charge on any atom is 0.261 e. The zero-order valence-electron chi connectivity index (χ0n) is 15.3. The third kappa shape index (κ3) is 3.64. The van der Waals surface area contributed by atoms with Gasteiger partial charge in [0.2, 0.25) is 11.8 Å². The number of aromatic nitrogens is 2. The van der Waals surface area contributed by atoms with Gasteiger partial charge in [0.1, 0.15) is 11.8 Å². The van der Waals surface area contributed by atoms with Crippen LogP contribution in [0.5, 0.6) is 5.75 Å². The van der Waals surface area contributed by atoms with Gasteiger partial charge in [-0.2, -0.15) is 0 Å². The fourth-order valence-electron chi connectivity index (χ4n) is 3.41. The molecule has 0 saturated carbocycles. The molecule has 0 spiro atoms. The molecular formula is C20H21N3O4. The first-order valence-electron chi connectivity index (χ1n) is 8.88. The summed E-state index contributed by atoms with van der Waals surface area (Å²) in [5, 5.41) is 10.1. The lowest BCUT2D eigenvalue weighted by atomic mass is 10.1. The maximum absolute atomic E-state index is 12.8. The predicted octanol–water partition coefficient (Wildman–Crippen LogP) is 2.90. The molecule has 4 rings (SSSR count). The lowest BCUT2D eigenvalue weighted by Gasteiger charge is -2.21. The van der Waals surface area contributed by atoms with Crippen LogP contribution in [0.25, 0.3) is 10.8 Å². The Kier molecular flexibility index (Phi) is 4.77. The maximum atomic E-state index is 12.8. The van der Waals surface area contributed by atoms with Crippen LogP contribution < -0.4 is 4.74 Å². The first-order valence-corrected chi connectivity index (χ1v) is 8.88. The zero-order valence-corrected chi connectivity index (χ0v) is 15.3. The summed E-state index contributed by atoms with van der Waals surface area (Å²) >= 11 is 0. The van der Waals surface area contributed by atoms with Crippen LogP contribution in [-0.2, 0) is 9.53 Å². The van der Waals surface area contributed by atoms with E-state index < -0.39 is 0 Å². The molecule has 3 aromatic rings. The lowest BCUT2D eigenvalue weighted by molar-refractivity contribution is -0.135. The van der Waals surface area contributed by atoms with Crippen molar-refractivity contribution in [2.24, 2.45) is 0 Å². The Bertz CT molecular complexity index is 955. The van der Waals surface area contributed by atoms with Crippen LogP contribution in [-0.4, -0.2) is 47.4 Å². The number of carbonyl (C=O) groups is 1. The van der Waals surface area contributed by atoms with Crippen molar-refractivity contribution in [3.8, 4) is 5.75 Å². The van der Waals surface area contributed by atoms with Gasteiger partial charge < -0.3 is 18.8 Å². The van der Waals surface area contributed by atoms with Gasteiger partial charge in [-0.25, -0.2) is 0 Å². The van der Waals surface area contributed by atoms with Crippen molar-refractivity contribution in [3.05, 3.63) is 54.2 Å². The summed E-state index contributed by atoms with van der Waals surface area (Å²) in [5.41, 5.74) is 0. The summed E-state index contributed by atoms with van der Waals surface area (Å²) in [6, 6.07) is 13.5. The molecule has 0 aliphatic carbocycles. The van der Waals surface area contributed by atoms with Gasteiger partial charge in [-0.1, -0.05) is 30.3 Å². The van der Waals surface area contributed by atoms with Gasteiger partial charge in [-0.15, -0.1) is 10.2 Å². The molecule has 1 aliphatic heterocycles. The summed E-state index contributed by atoms with van der Waals surface area (Å²) in [4.78, 5) is 14.5. The molecule has 1 amide bonds. The SMILES string of the molecule is CO[C@@H]1C[C@H](c2nnc(C)o2)N(C(=O)COc2ccc3ccccc3c2)C1. The molecule has 2 heterocycles. The summed E-state index contributed by atoms with van der Waals surface area (Å²) < 4.78 is 16.7. The van der Waals surface area contributed by atoms with Crippen molar-refractivity contribution in [3.63, 3.8) is 0 Å².